The molecule has 1 aromatic rings. The third-order valence-electron chi connectivity index (χ3n) is 5.21. The van der Waals surface area contributed by atoms with Crippen LogP contribution in [0.5, 0.6) is 5.75 Å². The lowest BCUT2D eigenvalue weighted by Crippen LogP contribution is -2.40. The maximum absolute atomic E-state index is 12.8. The van der Waals surface area contributed by atoms with Crippen LogP contribution in [-0.2, 0) is 19.1 Å². The van der Waals surface area contributed by atoms with E-state index in [1.54, 1.807) is 6.07 Å². The maximum atomic E-state index is 12.8. The van der Waals surface area contributed by atoms with Crippen LogP contribution >= 0.6 is 0 Å². The van der Waals surface area contributed by atoms with Crippen molar-refractivity contribution >= 4 is 11.8 Å². The number of carbonyl (C=O) groups is 2. The van der Waals surface area contributed by atoms with E-state index >= 15 is 0 Å². The predicted octanol–water partition coefficient (Wildman–Crippen LogP) is 2.35. The highest BCUT2D eigenvalue weighted by molar-refractivity contribution is 5.94. The van der Waals surface area contributed by atoms with Crippen LogP contribution in [0.1, 0.15) is 38.0 Å². The van der Waals surface area contributed by atoms with Crippen LogP contribution in [0, 0.1) is 18.8 Å². The van der Waals surface area contributed by atoms with Gasteiger partial charge in [0.2, 0.25) is 0 Å². The van der Waals surface area contributed by atoms with E-state index in [2.05, 4.69) is 0 Å². The Labute approximate surface area is 134 Å². The third-order valence-corrected chi connectivity index (χ3v) is 5.21. The number of hydrogen-bond acceptors (Lipinski definition) is 5. The minimum Gasteiger partial charge on any atom is -0.426 e. The van der Waals surface area contributed by atoms with E-state index in [1.165, 1.54) is 0 Å². The van der Waals surface area contributed by atoms with Gasteiger partial charge < -0.3 is 14.2 Å². The number of esters is 1. The van der Waals surface area contributed by atoms with Gasteiger partial charge in [-0.1, -0.05) is 12.1 Å². The van der Waals surface area contributed by atoms with Gasteiger partial charge in [0.05, 0.1) is 17.6 Å². The average molecular weight is 316 g/mol. The van der Waals surface area contributed by atoms with Crippen molar-refractivity contribution in [2.75, 3.05) is 0 Å². The number of ketones is 1. The van der Waals surface area contributed by atoms with E-state index in [9.17, 15) is 9.59 Å². The highest BCUT2D eigenvalue weighted by atomic mass is 16.6. The van der Waals surface area contributed by atoms with Crippen molar-refractivity contribution < 1.29 is 23.8 Å². The van der Waals surface area contributed by atoms with Gasteiger partial charge in [0, 0.05) is 5.56 Å². The van der Waals surface area contributed by atoms with Gasteiger partial charge in [-0.3, -0.25) is 9.59 Å². The Morgan fingerprint density at radius 1 is 1.26 bits per heavy atom. The molecule has 3 aliphatic rings. The molecule has 0 spiro atoms. The van der Waals surface area contributed by atoms with Crippen LogP contribution in [0.4, 0.5) is 0 Å². The SMILES string of the molecule is Cc1cccc2c1[C@@H]1O[C@H](C)[C@@H](C(=O)[C@@H]3OC3(C)C)[C@H]1C(=O)O2. The Kier molecular flexibility index (Phi) is 3.00. The fraction of sp³-hybridized carbons (Fsp3) is 0.556. The molecule has 5 atom stereocenters. The number of rotatable bonds is 2. The van der Waals surface area contributed by atoms with Crippen molar-refractivity contribution in [3.8, 4) is 5.75 Å². The second-order valence-electron chi connectivity index (χ2n) is 7.22. The topological polar surface area (TPSA) is 65.1 Å². The highest BCUT2D eigenvalue weighted by Gasteiger charge is 2.61. The van der Waals surface area contributed by atoms with Crippen molar-refractivity contribution in [2.45, 2.75) is 51.6 Å². The van der Waals surface area contributed by atoms with E-state index in [0.717, 1.165) is 11.1 Å². The Hall–Kier alpha value is -1.72. The first-order valence-electron chi connectivity index (χ1n) is 7.99. The Balaban J connectivity index is 1.72. The number of fused-ring (bicyclic) bond motifs is 3. The number of ether oxygens (including phenoxy) is 3. The number of Topliss-reactive ketones (excluding diaryl/α,β-unsaturated/α-hetero) is 1. The Bertz CT molecular complexity index is 707. The molecule has 0 saturated carbocycles. The zero-order chi connectivity index (χ0) is 16.5. The number of benzene rings is 1. The van der Waals surface area contributed by atoms with Gasteiger partial charge in [-0.15, -0.1) is 0 Å². The Morgan fingerprint density at radius 2 is 1.96 bits per heavy atom. The number of aryl methyl sites for hydroxylation is 1. The average Bonchev–Trinajstić information content (AvgIpc) is 2.96. The first kappa shape index (κ1) is 14.8. The van der Waals surface area contributed by atoms with Crippen LogP contribution in [0.25, 0.3) is 0 Å². The molecular formula is C18H20O5. The van der Waals surface area contributed by atoms with E-state index in [-0.39, 0.29) is 17.9 Å². The number of epoxide rings is 1. The molecule has 4 rings (SSSR count). The predicted molar refractivity (Wildman–Crippen MR) is 81.0 cm³/mol. The van der Waals surface area contributed by atoms with Crippen LogP contribution in [0.2, 0.25) is 0 Å². The van der Waals surface area contributed by atoms with Crippen molar-refractivity contribution in [3.05, 3.63) is 29.3 Å². The minimum atomic E-state index is -0.592. The second-order valence-corrected chi connectivity index (χ2v) is 7.22. The molecule has 2 saturated heterocycles. The van der Waals surface area contributed by atoms with Crippen LogP contribution in [-0.4, -0.2) is 29.6 Å². The summed E-state index contributed by atoms with van der Waals surface area (Å²) in [6, 6.07) is 5.58. The molecule has 2 fully saturated rings. The highest BCUT2D eigenvalue weighted by Crippen LogP contribution is 2.52. The summed E-state index contributed by atoms with van der Waals surface area (Å²) in [6.45, 7) is 7.57. The molecular weight excluding hydrogens is 296 g/mol. The van der Waals surface area contributed by atoms with Crippen molar-refractivity contribution in [3.63, 3.8) is 0 Å². The minimum absolute atomic E-state index is 0.0519. The largest absolute Gasteiger partial charge is 0.426 e. The van der Waals surface area contributed by atoms with E-state index < -0.39 is 29.6 Å². The van der Waals surface area contributed by atoms with Gasteiger partial charge in [-0.25, -0.2) is 0 Å². The molecule has 122 valence electrons. The van der Waals surface area contributed by atoms with Gasteiger partial charge in [0.15, 0.2) is 5.78 Å². The lowest BCUT2D eigenvalue weighted by molar-refractivity contribution is -0.146. The second kappa shape index (κ2) is 4.65. The lowest BCUT2D eigenvalue weighted by Gasteiger charge is -2.28. The molecule has 3 aliphatic heterocycles. The summed E-state index contributed by atoms with van der Waals surface area (Å²) in [4.78, 5) is 25.3. The maximum Gasteiger partial charge on any atom is 0.318 e. The summed E-state index contributed by atoms with van der Waals surface area (Å²) >= 11 is 0. The quantitative estimate of drug-likeness (QED) is 0.476. The van der Waals surface area contributed by atoms with Crippen LogP contribution in [0.3, 0.4) is 0 Å². The monoisotopic (exact) mass is 316 g/mol. The zero-order valence-electron chi connectivity index (χ0n) is 13.7. The first-order valence-corrected chi connectivity index (χ1v) is 7.99. The van der Waals surface area contributed by atoms with Gasteiger partial charge in [-0.05, 0) is 39.3 Å². The molecule has 0 amide bonds. The summed E-state index contributed by atoms with van der Waals surface area (Å²) < 4.78 is 17.0. The molecule has 0 N–H and O–H groups in total. The third kappa shape index (κ3) is 2.07. The normalized spacial score (nSPS) is 36.9. The number of hydrogen-bond donors (Lipinski definition) is 0. The van der Waals surface area contributed by atoms with Gasteiger partial charge in [0.1, 0.15) is 23.9 Å². The molecule has 5 nitrogen and oxygen atoms in total. The van der Waals surface area contributed by atoms with E-state index in [1.807, 2.05) is 39.8 Å². The van der Waals surface area contributed by atoms with E-state index in [0.29, 0.717) is 5.75 Å². The molecule has 23 heavy (non-hydrogen) atoms. The molecule has 0 bridgehead atoms. The summed E-state index contributed by atoms with van der Waals surface area (Å²) in [5.74, 6) is -1.00. The number of carbonyl (C=O) groups excluding carboxylic acids is 2. The van der Waals surface area contributed by atoms with Gasteiger partial charge >= 0.3 is 5.97 Å². The van der Waals surface area contributed by atoms with Crippen molar-refractivity contribution in [2.24, 2.45) is 11.8 Å². The molecule has 0 aliphatic carbocycles. The van der Waals surface area contributed by atoms with Gasteiger partial charge in [-0.2, -0.15) is 0 Å². The zero-order valence-corrected chi connectivity index (χ0v) is 13.7. The summed E-state index contributed by atoms with van der Waals surface area (Å²) in [7, 11) is 0. The van der Waals surface area contributed by atoms with Crippen molar-refractivity contribution in [1.29, 1.82) is 0 Å². The standard InChI is InChI=1S/C18H20O5/c1-8-6-5-7-10-11(8)15-13(17(20)22-10)12(9(2)21-15)14(19)16-18(3,4)23-16/h5-7,9,12-13,15-16H,1-4H3/t9-,12-,13-,15+,16+/m1/s1. The lowest BCUT2D eigenvalue weighted by atomic mass is 9.78. The van der Waals surface area contributed by atoms with Gasteiger partial charge in [0.25, 0.3) is 0 Å². The van der Waals surface area contributed by atoms with Crippen LogP contribution < -0.4 is 4.74 Å². The Morgan fingerprint density at radius 3 is 2.61 bits per heavy atom. The summed E-state index contributed by atoms with van der Waals surface area (Å²) in [5, 5.41) is 0. The summed E-state index contributed by atoms with van der Waals surface area (Å²) in [5.41, 5.74) is 1.45. The van der Waals surface area contributed by atoms with Crippen molar-refractivity contribution in [1.82, 2.24) is 0 Å². The smallest absolute Gasteiger partial charge is 0.318 e. The summed E-state index contributed by atoms with van der Waals surface area (Å²) in [6.07, 6.45) is -1.21. The molecule has 0 aromatic heterocycles. The van der Waals surface area contributed by atoms with Crippen LogP contribution in [0.15, 0.2) is 18.2 Å². The molecule has 0 unspecified atom stereocenters. The fourth-order valence-corrected chi connectivity index (χ4v) is 3.94. The molecule has 0 radical (unpaired) electrons. The molecule has 5 heteroatoms. The van der Waals surface area contributed by atoms with E-state index in [4.69, 9.17) is 14.2 Å². The molecule has 1 aromatic carbocycles. The molecule has 3 heterocycles. The fourth-order valence-electron chi connectivity index (χ4n) is 3.94. The first-order chi connectivity index (χ1) is 10.8.